The number of halogens is 2. The smallest absolute Gasteiger partial charge is 0.150 e. The van der Waals surface area contributed by atoms with Crippen molar-refractivity contribution in [3.05, 3.63) is 57.5 Å². The SMILES string of the molecule is O=Cc1ccc(Oc2cc(Br)ccc2Cl)cc1. The lowest BCUT2D eigenvalue weighted by Crippen LogP contribution is -1.86. The highest BCUT2D eigenvalue weighted by Crippen LogP contribution is 2.31. The topological polar surface area (TPSA) is 26.3 Å². The minimum atomic E-state index is 0.535. The first-order valence-corrected chi connectivity index (χ1v) is 6.04. The maximum Gasteiger partial charge on any atom is 0.150 e. The van der Waals surface area contributed by atoms with E-state index in [0.717, 1.165) is 10.8 Å². The standard InChI is InChI=1S/C13H8BrClO2/c14-10-3-6-12(15)13(7-10)17-11-4-1-9(8-16)2-5-11/h1-8H. The summed E-state index contributed by atoms with van der Waals surface area (Å²) >= 11 is 9.35. The summed E-state index contributed by atoms with van der Waals surface area (Å²) in [6.45, 7) is 0. The number of aldehydes is 1. The second kappa shape index (κ2) is 5.34. The van der Waals surface area contributed by atoms with E-state index < -0.39 is 0 Å². The Morgan fingerprint density at radius 2 is 1.82 bits per heavy atom. The molecule has 0 aromatic heterocycles. The van der Waals surface area contributed by atoms with Crippen molar-refractivity contribution in [2.45, 2.75) is 0 Å². The molecule has 2 nitrogen and oxygen atoms in total. The van der Waals surface area contributed by atoms with Crippen LogP contribution in [0.4, 0.5) is 0 Å². The predicted molar refractivity (Wildman–Crippen MR) is 71.1 cm³/mol. The van der Waals surface area contributed by atoms with Crippen LogP contribution in [-0.4, -0.2) is 6.29 Å². The summed E-state index contributed by atoms with van der Waals surface area (Å²) in [5.41, 5.74) is 0.609. The average molecular weight is 312 g/mol. The van der Waals surface area contributed by atoms with Gasteiger partial charge in [-0.2, -0.15) is 0 Å². The highest BCUT2D eigenvalue weighted by molar-refractivity contribution is 9.10. The summed E-state index contributed by atoms with van der Waals surface area (Å²) in [6.07, 6.45) is 0.788. The van der Waals surface area contributed by atoms with E-state index in [1.165, 1.54) is 0 Å². The first-order chi connectivity index (χ1) is 8.19. The van der Waals surface area contributed by atoms with Crippen LogP contribution in [0.5, 0.6) is 11.5 Å². The Balaban J connectivity index is 2.24. The van der Waals surface area contributed by atoms with Crippen LogP contribution in [-0.2, 0) is 0 Å². The van der Waals surface area contributed by atoms with Gasteiger partial charge in [0.1, 0.15) is 17.8 Å². The molecule has 2 aromatic carbocycles. The molecule has 0 aliphatic rings. The van der Waals surface area contributed by atoms with E-state index in [1.807, 2.05) is 6.07 Å². The molecule has 0 radical (unpaired) electrons. The predicted octanol–water partition coefficient (Wildman–Crippen LogP) is 4.71. The molecule has 0 atom stereocenters. The zero-order chi connectivity index (χ0) is 12.3. The van der Waals surface area contributed by atoms with E-state index in [4.69, 9.17) is 16.3 Å². The van der Waals surface area contributed by atoms with Crippen molar-refractivity contribution in [3.63, 3.8) is 0 Å². The molecule has 0 spiro atoms. The van der Waals surface area contributed by atoms with Gasteiger partial charge in [-0.25, -0.2) is 0 Å². The van der Waals surface area contributed by atoms with Gasteiger partial charge in [0.25, 0.3) is 0 Å². The van der Waals surface area contributed by atoms with Crippen LogP contribution >= 0.6 is 27.5 Å². The Hall–Kier alpha value is -1.32. The molecule has 0 N–H and O–H groups in total. The van der Waals surface area contributed by atoms with Gasteiger partial charge in [0.15, 0.2) is 0 Å². The summed E-state index contributed by atoms with van der Waals surface area (Å²) in [6, 6.07) is 12.2. The number of ether oxygens (including phenoxy) is 1. The van der Waals surface area contributed by atoms with Crippen LogP contribution in [0.15, 0.2) is 46.9 Å². The van der Waals surface area contributed by atoms with E-state index in [-0.39, 0.29) is 0 Å². The lowest BCUT2D eigenvalue weighted by molar-refractivity contribution is 0.112. The maximum absolute atomic E-state index is 10.5. The first-order valence-electron chi connectivity index (χ1n) is 4.87. The molecule has 0 unspecified atom stereocenters. The molecule has 0 aliphatic heterocycles. The Labute approximate surface area is 112 Å². The molecule has 17 heavy (non-hydrogen) atoms. The monoisotopic (exact) mass is 310 g/mol. The second-order valence-electron chi connectivity index (χ2n) is 3.36. The van der Waals surface area contributed by atoms with Gasteiger partial charge in [-0.05, 0) is 42.5 Å². The summed E-state index contributed by atoms with van der Waals surface area (Å²) in [5.74, 6) is 1.20. The largest absolute Gasteiger partial charge is 0.456 e. The van der Waals surface area contributed by atoms with Gasteiger partial charge in [-0.15, -0.1) is 0 Å². The molecule has 0 saturated heterocycles. The quantitative estimate of drug-likeness (QED) is 0.768. The summed E-state index contributed by atoms with van der Waals surface area (Å²) in [7, 11) is 0. The van der Waals surface area contributed by atoms with Gasteiger partial charge in [0, 0.05) is 10.0 Å². The molecule has 0 heterocycles. The molecule has 2 rings (SSSR count). The Morgan fingerprint density at radius 1 is 1.12 bits per heavy atom. The third kappa shape index (κ3) is 3.08. The molecule has 2 aromatic rings. The van der Waals surface area contributed by atoms with Crippen LogP contribution in [0.2, 0.25) is 5.02 Å². The van der Waals surface area contributed by atoms with E-state index in [9.17, 15) is 4.79 Å². The third-order valence-corrected chi connectivity index (χ3v) is 2.94. The molecule has 4 heteroatoms. The number of benzene rings is 2. The normalized spacial score (nSPS) is 10.0. The third-order valence-electron chi connectivity index (χ3n) is 2.14. The Bertz CT molecular complexity index is 538. The van der Waals surface area contributed by atoms with Gasteiger partial charge in [-0.1, -0.05) is 27.5 Å². The fraction of sp³-hybridized carbons (Fsp3) is 0. The van der Waals surface area contributed by atoms with Crippen molar-refractivity contribution in [3.8, 4) is 11.5 Å². The van der Waals surface area contributed by atoms with Gasteiger partial charge >= 0.3 is 0 Å². The van der Waals surface area contributed by atoms with E-state index in [1.54, 1.807) is 36.4 Å². The van der Waals surface area contributed by atoms with Gasteiger partial charge in [0.2, 0.25) is 0 Å². The van der Waals surface area contributed by atoms with Crippen molar-refractivity contribution in [1.82, 2.24) is 0 Å². The molecular weight excluding hydrogens is 303 g/mol. The zero-order valence-corrected chi connectivity index (χ0v) is 11.0. The summed E-state index contributed by atoms with van der Waals surface area (Å²) in [4.78, 5) is 10.5. The highest BCUT2D eigenvalue weighted by atomic mass is 79.9. The number of hydrogen-bond acceptors (Lipinski definition) is 2. The number of carbonyl (C=O) groups is 1. The fourth-order valence-corrected chi connectivity index (χ4v) is 1.79. The summed E-state index contributed by atoms with van der Waals surface area (Å²) in [5, 5.41) is 0.535. The lowest BCUT2D eigenvalue weighted by Gasteiger charge is -2.07. The zero-order valence-electron chi connectivity index (χ0n) is 8.69. The summed E-state index contributed by atoms with van der Waals surface area (Å²) < 4.78 is 6.50. The average Bonchev–Trinajstić information content (AvgIpc) is 2.35. The molecule has 0 saturated carbocycles. The first kappa shape index (κ1) is 12.1. The van der Waals surface area contributed by atoms with E-state index in [2.05, 4.69) is 15.9 Å². The van der Waals surface area contributed by atoms with Gasteiger partial charge in [-0.3, -0.25) is 4.79 Å². The van der Waals surface area contributed by atoms with Crippen LogP contribution in [0.25, 0.3) is 0 Å². The van der Waals surface area contributed by atoms with Crippen LogP contribution in [0, 0.1) is 0 Å². The van der Waals surface area contributed by atoms with Crippen molar-refractivity contribution < 1.29 is 9.53 Å². The minimum absolute atomic E-state index is 0.535. The lowest BCUT2D eigenvalue weighted by atomic mass is 10.2. The van der Waals surface area contributed by atoms with Gasteiger partial charge < -0.3 is 4.74 Å². The van der Waals surface area contributed by atoms with E-state index >= 15 is 0 Å². The number of carbonyl (C=O) groups excluding carboxylic acids is 1. The molecule has 86 valence electrons. The molecular formula is C13H8BrClO2. The van der Waals surface area contributed by atoms with Crippen LogP contribution < -0.4 is 4.74 Å². The molecule has 0 bridgehead atoms. The van der Waals surface area contributed by atoms with Crippen molar-refractivity contribution in [2.24, 2.45) is 0 Å². The van der Waals surface area contributed by atoms with Crippen LogP contribution in [0.3, 0.4) is 0 Å². The molecule has 0 aliphatic carbocycles. The number of hydrogen-bond donors (Lipinski definition) is 0. The fourth-order valence-electron chi connectivity index (χ4n) is 1.30. The van der Waals surface area contributed by atoms with Gasteiger partial charge in [0.05, 0.1) is 5.02 Å². The minimum Gasteiger partial charge on any atom is -0.456 e. The Kier molecular flexibility index (Phi) is 3.82. The molecule has 0 amide bonds. The number of rotatable bonds is 3. The van der Waals surface area contributed by atoms with Crippen molar-refractivity contribution >= 4 is 33.8 Å². The maximum atomic E-state index is 10.5. The van der Waals surface area contributed by atoms with Crippen LogP contribution in [0.1, 0.15) is 10.4 Å². The Morgan fingerprint density at radius 3 is 2.47 bits per heavy atom. The molecule has 0 fully saturated rings. The van der Waals surface area contributed by atoms with E-state index in [0.29, 0.717) is 22.1 Å². The van der Waals surface area contributed by atoms with Crippen molar-refractivity contribution in [2.75, 3.05) is 0 Å². The second-order valence-corrected chi connectivity index (χ2v) is 4.69. The van der Waals surface area contributed by atoms with Crippen molar-refractivity contribution in [1.29, 1.82) is 0 Å². The highest BCUT2D eigenvalue weighted by Gasteiger charge is 2.03.